The Morgan fingerprint density at radius 2 is 2.24 bits per heavy atom. The van der Waals surface area contributed by atoms with Crippen molar-refractivity contribution in [3.05, 3.63) is 24.2 Å². The van der Waals surface area contributed by atoms with Gasteiger partial charge in [0.1, 0.15) is 15.6 Å². The predicted molar refractivity (Wildman–Crippen MR) is 68.8 cm³/mol. The lowest BCUT2D eigenvalue weighted by Gasteiger charge is -2.12. The first-order valence-corrected chi connectivity index (χ1v) is 7.97. The summed E-state index contributed by atoms with van der Waals surface area (Å²) in [4.78, 5) is 0. The molecule has 0 saturated carbocycles. The Morgan fingerprint density at radius 3 is 2.82 bits per heavy atom. The van der Waals surface area contributed by atoms with Gasteiger partial charge in [0, 0.05) is 18.7 Å². The van der Waals surface area contributed by atoms with E-state index in [-0.39, 0.29) is 5.75 Å². The molecule has 1 aromatic heterocycles. The van der Waals surface area contributed by atoms with Crippen LogP contribution in [0.25, 0.3) is 0 Å². The maximum absolute atomic E-state index is 10.9. The summed E-state index contributed by atoms with van der Waals surface area (Å²) < 4.78 is 27.1. The molecule has 98 valence electrons. The third kappa shape index (κ3) is 7.18. The first-order chi connectivity index (χ1) is 7.97. The quantitative estimate of drug-likeness (QED) is 0.721. The molecular weight excluding hydrogens is 238 g/mol. The fourth-order valence-corrected chi connectivity index (χ4v) is 2.27. The van der Waals surface area contributed by atoms with Gasteiger partial charge in [0.25, 0.3) is 0 Å². The minimum absolute atomic E-state index is 0.255. The molecule has 1 aromatic rings. The Bertz CT molecular complexity index is 397. The van der Waals surface area contributed by atoms with Crippen LogP contribution in [0.3, 0.4) is 0 Å². The molecule has 0 amide bonds. The second kappa shape index (κ2) is 6.81. The number of sulfone groups is 1. The van der Waals surface area contributed by atoms with Gasteiger partial charge in [-0.2, -0.15) is 0 Å². The van der Waals surface area contributed by atoms with E-state index in [0.717, 1.165) is 25.1 Å². The highest BCUT2D eigenvalue weighted by molar-refractivity contribution is 7.90. The molecule has 1 unspecified atom stereocenters. The lowest BCUT2D eigenvalue weighted by molar-refractivity contribution is 0.460. The Hall–Kier alpha value is -0.810. The predicted octanol–water partition coefficient (Wildman–Crippen LogP) is 1.62. The molecular formula is C12H21NO3S. The minimum atomic E-state index is -2.82. The monoisotopic (exact) mass is 259 g/mol. The van der Waals surface area contributed by atoms with Crippen LogP contribution in [0.15, 0.2) is 22.8 Å². The summed E-state index contributed by atoms with van der Waals surface area (Å²) in [6.07, 6.45) is 5.52. The van der Waals surface area contributed by atoms with Crippen molar-refractivity contribution in [2.75, 3.05) is 18.6 Å². The summed E-state index contributed by atoms with van der Waals surface area (Å²) in [5.74, 6) is 1.25. The Morgan fingerprint density at radius 1 is 1.47 bits per heavy atom. The minimum Gasteiger partial charge on any atom is -0.469 e. The molecule has 0 aliphatic rings. The molecule has 0 fully saturated rings. The molecule has 0 aromatic carbocycles. The number of rotatable bonds is 8. The van der Waals surface area contributed by atoms with Crippen molar-refractivity contribution in [3.8, 4) is 0 Å². The van der Waals surface area contributed by atoms with E-state index in [1.807, 2.05) is 12.1 Å². The number of hydrogen-bond acceptors (Lipinski definition) is 4. The molecule has 0 spiro atoms. The van der Waals surface area contributed by atoms with Gasteiger partial charge in [-0.1, -0.05) is 0 Å². The zero-order chi connectivity index (χ0) is 12.7. The highest BCUT2D eigenvalue weighted by Crippen LogP contribution is 2.05. The summed E-state index contributed by atoms with van der Waals surface area (Å²) in [6, 6.07) is 4.23. The van der Waals surface area contributed by atoms with Gasteiger partial charge in [-0.15, -0.1) is 0 Å². The molecule has 1 atom stereocenters. The second-order valence-electron chi connectivity index (χ2n) is 4.46. The van der Waals surface area contributed by atoms with Gasteiger partial charge in [-0.25, -0.2) is 8.42 Å². The highest BCUT2D eigenvalue weighted by Gasteiger charge is 2.05. The van der Waals surface area contributed by atoms with Crippen LogP contribution in [0.4, 0.5) is 0 Å². The molecule has 0 radical (unpaired) electrons. The van der Waals surface area contributed by atoms with E-state index in [2.05, 4.69) is 12.2 Å². The van der Waals surface area contributed by atoms with Crippen LogP contribution in [0.5, 0.6) is 0 Å². The Kier molecular flexibility index (Phi) is 5.71. The molecule has 17 heavy (non-hydrogen) atoms. The summed E-state index contributed by atoms with van der Waals surface area (Å²) in [5, 5.41) is 3.31. The van der Waals surface area contributed by atoms with Crippen molar-refractivity contribution in [3.63, 3.8) is 0 Å². The smallest absolute Gasteiger partial charge is 0.147 e. The van der Waals surface area contributed by atoms with E-state index in [4.69, 9.17) is 4.42 Å². The van der Waals surface area contributed by atoms with Gasteiger partial charge in [0.2, 0.25) is 0 Å². The Labute approximate surface area is 103 Å². The lowest BCUT2D eigenvalue weighted by atomic mass is 10.1. The van der Waals surface area contributed by atoms with Crippen LogP contribution in [0, 0.1) is 0 Å². The number of aryl methyl sites for hydroxylation is 1. The molecule has 1 rings (SSSR count). The summed E-state index contributed by atoms with van der Waals surface area (Å²) in [6.45, 7) is 2.84. The molecule has 0 bridgehead atoms. The third-order valence-corrected chi connectivity index (χ3v) is 3.62. The van der Waals surface area contributed by atoms with Crippen LogP contribution in [-0.2, 0) is 16.3 Å². The van der Waals surface area contributed by atoms with Gasteiger partial charge in [0.05, 0.1) is 12.0 Å². The van der Waals surface area contributed by atoms with E-state index in [9.17, 15) is 8.42 Å². The van der Waals surface area contributed by atoms with Gasteiger partial charge < -0.3 is 9.73 Å². The fraction of sp³-hybridized carbons (Fsp3) is 0.667. The molecule has 0 aliphatic heterocycles. The standard InChI is InChI=1S/C12H21NO3S/c1-11(6-7-12-5-3-9-16-12)13-8-4-10-17(2,14)15/h3,5,9,11,13H,4,6-8,10H2,1-2H3. The molecule has 1 heterocycles. The van der Waals surface area contributed by atoms with Crippen LogP contribution in [0.2, 0.25) is 0 Å². The SMILES string of the molecule is CC(CCc1ccco1)NCCCS(C)(=O)=O. The van der Waals surface area contributed by atoms with Gasteiger partial charge >= 0.3 is 0 Å². The molecule has 1 N–H and O–H groups in total. The topological polar surface area (TPSA) is 59.3 Å². The maximum Gasteiger partial charge on any atom is 0.147 e. The summed E-state index contributed by atoms with van der Waals surface area (Å²) >= 11 is 0. The van der Waals surface area contributed by atoms with Crippen molar-refractivity contribution in [1.29, 1.82) is 0 Å². The average Bonchev–Trinajstić information content (AvgIpc) is 2.73. The molecule has 0 saturated heterocycles. The van der Waals surface area contributed by atoms with Crippen molar-refractivity contribution in [1.82, 2.24) is 5.32 Å². The third-order valence-electron chi connectivity index (χ3n) is 2.59. The van der Waals surface area contributed by atoms with Crippen molar-refractivity contribution < 1.29 is 12.8 Å². The van der Waals surface area contributed by atoms with Gasteiger partial charge in [-0.05, 0) is 38.4 Å². The first-order valence-electron chi connectivity index (χ1n) is 5.91. The molecule has 4 nitrogen and oxygen atoms in total. The van der Waals surface area contributed by atoms with Crippen LogP contribution >= 0.6 is 0 Å². The van der Waals surface area contributed by atoms with Crippen molar-refractivity contribution >= 4 is 9.84 Å². The van der Waals surface area contributed by atoms with Crippen molar-refractivity contribution in [2.45, 2.75) is 32.2 Å². The van der Waals surface area contributed by atoms with Crippen LogP contribution < -0.4 is 5.32 Å². The van der Waals surface area contributed by atoms with E-state index >= 15 is 0 Å². The maximum atomic E-state index is 10.9. The largest absolute Gasteiger partial charge is 0.469 e. The van der Waals surface area contributed by atoms with E-state index < -0.39 is 9.84 Å². The van der Waals surface area contributed by atoms with E-state index in [0.29, 0.717) is 12.5 Å². The fourth-order valence-electron chi connectivity index (χ4n) is 1.60. The lowest BCUT2D eigenvalue weighted by Crippen LogP contribution is -2.28. The Balaban J connectivity index is 2.07. The zero-order valence-corrected chi connectivity index (χ0v) is 11.3. The van der Waals surface area contributed by atoms with Gasteiger partial charge in [-0.3, -0.25) is 0 Å². The molecule has 0 aliphatic carbocycles. The average molecular weight is 259 g/mol. The van der Waals surface area contributed by atoms with Crippen LogP contribution in [-0.4, -0.2) is 33.0 Å². The molecule has 5 heteroatoms. The number of furan rings is 1. The summed E-state index contributed by atoms with van der Waals surface area (Å²) in [5.41, 5.74) is 0. The normalized spacial score (nSPS) is 13.8. The summed E-state index contributed by atoms with van der Waals surface area (Å²) in [7, 11) is -2.82. The van der Waals surface area contributed by atoms with Crippen LogP contribution in [0.1, 0.15) is 25.5 Å². The van der Waals surface area contributed by atoms with Gasteiger partial charge in [0.15, 0.2) is 0 Å². The first kappa shape index (κ1) is 14.3. The zero-order valence-electron chi connectivity index (χ0n) is 10.5. The van der Waals surface area contributed by atoms with E-state index in [1.165, 1.54) is 6.26 Å². The van der Waals surface area contributed by atoms with E-state index in [1.54, 1.807) is 6.26 Å². The number of nitrogens with one attached hydrogen (secondary N) is 1. The van der Waals surface area contributed by atoms with Crippen molar-refractivity contribution in [2.24, 2.45) is 0 Å². The second-order valence-corrected chi connectivity index (χ2v) is 6.72. The number of hydrogen-bond donors (Lipinski definition) is 1. The highest BCUT2D eigenvalue weighted by atomic mass is 32.2.